The number of carboxylic acid groups (broad SMARTS) is 1. The van der Waals surface area contributed by atoms with Gasteiger partial charge in [0.25, 0.3) is 0 Å². The Morgan fingerprint density at radius 3 is 2.71 bits per heavy atom. The first-order valence-electron chi connectivity index (χ1n) is 5.86. The maximum absolute atomic E-state index is 11.4. The fourth-order valence-corrected chi connectivity index (χ4v) is 1.43. The van der Waals surface area contributed by atoms with Crippen molar-refractivity contribution >= 4 is 11.9 Å². The SMILES string of the molecule is COC(CNC(=O)CCNC1CC1)CC(=O)O. The van der Waals surface area contributed by atoms with Crippen molar-refractivity contribution in [2.24, 2.45) is 0 Å². The first-order valence-corrected chi connectivity index (χ1v) is 5.86. The van der Waals surface area contributed by atoms with Crippen LogP contribution in [0, 0.1) is 0 Å². The molecule has 3 N–H and O–H groups in total. The quantitative estimate of drug-likeness (QED) is 0.520. The van der Waals surface area contributed by atoms with E-state index in [1.54, 1.807) is 0 Å². The molecule has 1 aliphatic rings. The number of hydrogen-bond acceptors (Lipinski definition) is 4. The lowest BCUT2D eigenvalue weighted by molar-refractivity contribution is -0.140. The second-order valence-corrected chi connectivity index (χ2v) is 4.24. The molecule has 1 atom stereocenters. The Labute approximate surface area is 101 Å². The molecule has 98 valence electrons. The van der Waals surface area contributed by atoms with Gasteiger partial charge in [-0.2, -0.15) is 0 Å². The number of carboxylic acids is 1. The molecule has 0 radical (unpaired) electrons. The maximum atomic E-state index is 11.4. The highest BCUT2D eigenvalue weighted by Crippen LogP contribution is 2.18. The van der Waals surface area contributed by atoms with Crippen LogP contribution in [0.15, 0.2) is 0 Å². The molecule has 0 aromatic heterocycles. The summed E-state index contributed by atoms with van der Waals surface area (Å²) in [4.78, 5) is 21.9. The maximum Gasteiger partial charge on any atom is 0.306 e. The fraction of sp³-hybridized carbons (Fsp3) is 0.818. The monoisotopic (exact) mass is 244 g/mol. The van der Waals surface area contributed by atoms with Crippen molar-refractivity contribution in [3.63, 3.8) is 0 Å². The zero-order chi connectivity index (χ0) is 12.7. The third kappa shape index (κ3) is 6.91. The molecule has 1 saturated carbocycles. The lowest BCUT2D eigenvalue weighted by Gasteiger charge is -2.13. The molecule has 6 heteroatoms. The molecule has 1 rings (SSSR count). The van der Waals surface area contributed by atoms with Crippen LogP contribution in [0.1, 0.15) is 25.7 Å². The summed E-state index contributed by atoms with van der Waals surface area (Å²) in [7, 11) is 1.44. The van der Waals surface area contributed by atoms with Crippen LogP contribution in [0.3, 0.4) is 0 Å². The van der Waals surface area contributed by atoms with Gasteiger partial charge in [-0.05, 0) is 12.8 Å². The van der Waals surface area contributed by atoms with Crippen molar-refractivity contribution < 1.29 is 19.4 Å². The first kappa shape index (κ1) is 13.9. The van der Waals surface area contributed by atoms with E-state index in [2.05, 4.69) is 10.6 Å². The van der Waals surface area contributed by atoms with Crippen LogP contribution < -0.4 is 10.6 Å². The number of rotatable bonds is 9. The highest BCUT2D eigenvalue weighted by atomic mass is 16.5. The van der Waals surface area contributed by atoms with Gasteiger partial charge in [0.2, 0.25) is 5.91 Å². The molecule has 0 bridgehead atoms. The van der Waals surface area contributed by atoms with E-state index in [0.717, 1.165) is 0 Å². The van der Waals surface area contributed by atoms with Gasteiger partial charge in [0.15, 0.2) is 0 Å². The second kappa shape index (κ2) is 7.24. The van der Waals surface area contributed by atoms with Gasteiger partial charge in [0.05, 0.1) is 12.5 Å². The average molecular weight is 244 g/mol. The van der Waals surface area contributed by atoms with Gasteiger partial charge < -0.3 is 20.5 Å². The van der Waals surface area contributed by atoms with Gasteiger partial charge in [0, 0.05) is 32.7 Å². The van der Waals surface area contributed by atoms with E-state index < -0.39 is 12.1 Å². The molecule has 1 fully saturated rings. The highest BCUT2D eigenvalue weighted by molar-refractivity contribution is 5.76. The average Bonchev–Trinajstić information content (AvgIpc) is 3.07. The molecule has 1 amide bonds. The van der Waals surface area contributed by atoms with Crippen LogP contribution in [0.2, 0.25) is 0 Å². The van der Waals surface area contributed by atoms with Crippen molar-refractivity contribution in [3.05, 3.63) is 0 Å². The Balaban J connectivity index is 2.05. The van der Waals surface area contributed by atoms with Crippen LogP contribution in [0.5, 0.6) is 0 Å². The van der Waals surface area contributed by atoms with Gasteiger partial charge in [-0.15, -0.1) is 0 Å². The van der Waals surface area contributed by atoms with Crippen molar-refractivity contribution in [2.75, 3.05) is 20.2 Å². The molecule has 1 unspecified atom stereocenters. The zero-order valence-corrected chi connectivity index (χ0v) is 10.1. The summed E-state index contributed by atoms with van der Waals surface area (Å²) in [6, 6.07) is 0.599. The van der Waals surface area contributed by atoms with E-state index >= 15 is 0 Å². The van der Waals surface area contributed by atoms with Crippen LogP contribution in [-0.4, -0.2) is 49.3 Å². The molecule has 0 heterocycles. The molecule has 0 aromatic rings. The van der Waals surface area contributed by atoms with Crippen LogP contribution in [-0.2, 0) is 14.3 Å². The van der Waals surface area contributed by atoms with Gasteiger partial charge in [-0.1, -0.05) is 0 Å². The van der Waals surface area contributed by atoms with E-state index in [1.807, 2.05) is 0 Å². The summed E-state index contributed by atoms with van der Waals surface area (Å²) in [5, 5.41) is 14.5. The minimum Gasteiger partial charge on any atom is -0.481 e. The fourth-order valence-electron chi connectivity index (χ4n) is 1.43. The Morgan fingerprint density at radius 2 is 2.18 bits per heavy atom. The predicted octanol–water partition coefficient (Wildman–Crippen LogP) is -0.266. The van der Waals surface area contributed by atoms with Crippen LogP contribution in [0.25, 0.3) is 0 Å². The van der Waals surface area contributed by atoms with Crippen molar-refractivity contribution in [1.29, 1.82) is 0 Å². The number of carbonyl (C=O) groups is 2. The smallest absolute Gasteiger partial charge is 0.306 e. The number of hydrogen-bond donors (Lipinski definition) is 3. The minimum absolute atomic E-state index is 0.0782. The standard InChI is InChI=1S/C11H20N2O4/c1-17-9(6-11(15)16)7-13-10(14)4-5-12-8-2-3-8/h8-9,12H,2-7H2,1H3,(H,13,14)(H,15,16). The summed E-state index contributed by atoms with van der Waals surface area (Å²) >= 11 is 0. The Bertz CT molecular complexity index is 266. The molecule has 6 nitrogen and oxygen atoms in total. The van der Waals surface area contributed by atoms with Gasteiger partial charge >= 0.3 is 5.97 Å². The van der Waals surface area contributed by atoms with Gasteiger partial charge in [-0.3, -0.25) is 9.59 Å². The molecule has 17 heavy (non-hydrogen) atoms. The number of aliphatic carboxylic acids is 1. The molecule has 0 saturated heterocycles. The summed E-state index contributed by atoms with van der Waals surface area (Å²) in [5.41, 5.74) is 0. The first-order chi connectivity index (χ1) is 8.11. The predicted molar refractivity (Wildman–Crippen MR) is 61.7 cm³/mol. The second-order valence-electron chi connectivity index (χ2n) is 4.24. The topological polar surface area (TPSA) is 87.7 Å². The number of ether oxygens (including phenoxy) is 1. The lowest BCUT2D eigenvalue weighted by atomic mass is 10.2. The van der Waals surface area contributed by atoms with Crippen LogP contribution in [0.4, 0.5) is 0 Å². The van der Waals surface area contributed by atoms with Crippen LogP contribution >= 0.6 is 0 Å². The molecule has 0 aromatic carbocycles. The summed E-state index contributed by atoms with van der Waals surface area (Å²) in [5.74, 6) is -1.01. The molecular formula is C11H20N2O4. The molecular weight excluding hydrogens is 224 g/mol. The Morgan fingerprint density at radius 1 is 1.47 bits per heavy atom. The summed E-state index contributed by atoms with van der Waals surface area (Å²) in [6.07, 6.45) is 2.25. The van der Waals surface area contributed by atoms with Crippen molar-refractivity contribution in [2.45, 2.75) is 37.8 Å². The molecule has 0 aliphatic heterocycles. The third-order valence-corrected chi connectivity index (χ3v) is 2.62. The largest absolute Gasteiger partial charge is 0.481 e. The summed E-state index contributed by atoms with van der Waals surface area (Å²) < 4.78 is 4.95. The molecule has 0 spiro atoms. The number of carbonyl (C=O) groups excluding carboxylic acids is 1. The van der Waals surface area contributed by atoms with E-state index in [4.69, 9.17) is 9.84 Å². The molecule has 1 aliphatic carbocycles. The summed E-state index contributed by atoms with van der Waals surface area (Å²) in [6.45, 7) is 0.915. The highest BCUT2D eigenvalue weighted by Gasteiger charge is 2.20. The normalized spacial score (nSPS) is 16.5. The number of nitrogens with one attached hydrogen (secondary N) is 2. The third-order valence-electron chi connectivity index (χ3n) is 2.62. The van der Waals surface area contributed by atoms with E-state index in [0.29, 0.717) is 19.0 Å². The van der Waals surface area contributed by atoms with Gasteiger partial charge in [0.1, 0.15) is 0 Å². The van der Waals surface area contributed by atoms with Crippen molar-refractivity contribution in [3.8, 4) is 0 Å². The zero-order valence-electron chi connectivity index (χ0n) is 10.1. The number of amides is 1. The lowest BCUT2D eigenvalue weighted by Crippen LogP contribution is -2.36. The van der Waals surface area contributed by atoms with E-state index in [1.165, 1.54) is 20.0 Å². The number of methoxy groups -OCH3 is 1. The van der Waals surface area contributed by atoms with E-state index in [9.17, 15) is 9.59 Å². The minimum atomic E-state index is -0.929. The van der Waals surface area contributed by atoms with Gasteiger partial charge in [-0.25, -0.2) is 0 Å². The Kier molecular flexibility index (Phi) is 5.93. The van der Waals surface area contributed by atoms with E-state index in [-0.39, 0.29) is 18.9 Å². The van der Waals surface area contributed by atoms with Crippen molar-refractivity contribution in [1.82, 2.24) is 10.6 Å². The Hall–Kier alpha value is -1.14.